The van der Waals surface area contributed by atoms with Gasteiger partial charge in [-0.15, -0.1) is 0 Å². The van der Waals surface area contributed by atoms with E-state index in [2.05, 4.69) is 4.98 Å². The fourth-order valence-electron chi connectivity index (χ4n) is 1.99. The molecule has 1 aromatic carbocycles. The zero-order valence-corrected chi connectivity index (χ0v) is 12.0. The van der Waals surface area contributed by atoms with Gasteiger partial charge in [-0.05, 0) is 19.4 Å². The largest absolute Gasteiger partial charge is 0.456 e. The lowest BCUT2D eigenvalue weighted by Crippen LogP contribution is -2.11. The number of nitrogens with two attached hydrogens (primary N) is 1. The molecule has 5 nitrogen and oxygen atoms in total. The summed E-state index contributed by atoms with van der Waals surface area (Å²) in [5.41, 5.74) is 7.86. The summed E-state index contributed by atoms with van der Waals surface area (Å²) >= 11 is 0. The summed E-state index contributed by atoms with van der Waals surface area (Å²) in [6.45, 7) is 3.90. The summed E-state index contributed by atoms with van der Waals surface area (Å²) in [5.74, 6) is 0.253. The quantitative estimate of drug-likeness (QED) is 0.866. The zero-order valence-electron chi connectivity index (χ0n) is 12.0. The lowest BCUT2D eigenvalue weighted by Gasteiger charge is -2.05. The van der Waals surface area contributed by atoms with Crippen molar-refractivity contribution < 1.29 is 9.53 Å². The first-order valence-corrected chi connectivity index (χ1v) is 6.50. The smallest absolute Gasteiger partial charge is 0.359 e. The normalized spacial score (nSPS) is 12.2. The molecule has 0 unspecified atom stereocenters. The number of carbonyl (C=O) groups excluding carboxylic acids is 1. The highest BCUT2D eigenvalue weighted by atomic mass is 16.5. The van der Waals surface area contributed by atoms with E-state index < -0.39 is 5.97 Å². The van der Waals surface area contributed by atoms with Crippen molar-refractivity contribution in [1.82, 2.24) is 9.55 Å². The number of carbonyl (C=O) groups is 1. The van der Waals surface area contributed by atoms with E-state index in [1.165, 1.54) is 0 Å². The Labute approximate surface area is 118 Å². The highest BCUT2D eigenvalue weighted by Crippen LogP contribution is 2.15. The maximum Gasteiger partial charge on any atom is 0.359 e. The minimum Gasteiger partial charge on any atom is -0.456 e. The molecule has 20 heavy (non-hydrogen) atoms. The maximum atomic E-state index is 12.1. The average Bonchev–Trinajstić information content (AvgIpc) is 2.74. The van der Waals surface area contributed by atoms with Gasteiger partial charge in [0.2, 0.25) is 0 Å². The van der Waals surface area contributed by atoms with E-state index in [9.17, 15) is 4.79 Å². The van der Waals surface area contributed by atoms with Crippen molar-refractivity contribution >= 4 is 5.97 Å². The van der Waals surface area contributed by atoms with Crippen molar-refractivity contribution in [3.8, 4) is 0 Å². The molecular formula is C15H19N3O2. The number of aromatic nitrogens is 2. The van der Waals surface area contributed by atoms with Gasteiger partial charge in [0.15, 0.2) is 5.69 Å². The molecule has 5 heteroatoms. The van der Waals surface area contributed by atoms with E-state index in [4.69, 9.17) is 10.5 Å². The fourth-order valence-corrected chi connectivity index (χ4v) is 1.99. The highest BCUT2D eigenvalue weighted by molar-refractivity contribution is 5.88. The van der Waals surface area contributed by atoms with E-state index in [1.807, 2.05) is 55.8 Å². The van der Waals surface area contributed by atoms with E-state index in [-0.39, 0.29) is 12.6 Å². The van der Waals surface area contributed by atoms with Crippen molar-refractivity contribution in [3.63, 3.8) is 0 Å². The Balaban J connectivity index is 2.12. The molecule has 1 aromatic heterocycles. The molecule has 1 atom stereocenters. The number of imidazole rings is 1. The third kappa shape index (κ3) is 2.88. The number of nitrogens with zero attached hydrogens (tertiary/aromatic N) is 2. The predicted molar refractivity (Wildman–Crippen MR) is 76.1 cm³/mol. The first-order valence-electron chi connectivity index (χ1n) is 6.50. The molecule has 0 saturated carbocycles. The molecule has 0 radical (unpaired) electrons. The van der Waals surface area contributed by atoms with Crippen LogP contribution >= 0.6 is 0 Å². The SMILES string of the molecule is Cc1c(C(=O)OCc2ccccc2)nc([C@H](C)N)n1C. The minimum atomic E-state index is -0.422. The molecule has 0 spiro atoms. The molecule has 0 aliphatic heterocycles. The van der Waals surface area contributed by atoms with E-state index >= 15 is 0 Å². The molecule has 0 bridgehead atoms. The second kappa shape index (κ2) is 5.88. The monoisotopic (exact) mass is 273 g/mol. The number of esters is 1. The van der Waals surface area contributed by atoms with Crippen molar-refractivity contribution in [2.45, 2.75) is 26.5 Å². The summed E-state index contributed by atoms with van der Waals surface area (Å²) in [6.07, 6.45) is 0. The number of hydrogen-bond donors (Lipinski definition) is 1. The first-order chi connectivity index (χ1) is 9.50. The standard InChI is InChI=1S/C15H19N3O2/c1-10(16)14-17-13(11(2)18(14)3)15(19)20-9-12-7-5-4-6-8-12/h4-8,10H,9,16H2,1-3H3/t10-/m0/s1. The third-order valence-electron chi connectivity index (χ3n) is 3.23. The van der Waals surface area contributed by atoms with Crippen LogP contribution in [0.25, 0.3) is 0 Å². The molecule has 0 aliphatic carbocycles. The van der Waals surface area contributed by atoms with Gasteiger partial charge in [0.25, 0.3) is 0 Å². The van der Waals surface area contributed by atoms with Gasteiger partial charge in [0.1, 0.15) is 12.4 Å². The fraction of sp³-hybridized carbons (Fsp3) is 0.333. The molecule has 2 N–H and O–H groups in total. The van der Waals surface area contributed by atoms with E-state index in [0.29, 0.717) is 11.5 Å². The number of rotatable bonds is 4. The van der Waals surface area contributed by atoms with Crippen molar-refractivity contribution in [2.24, 2.45) is 12.8 Å². The number of benzene rings is 1. The Bertz CT molecular complexity index is 603. The summed E-state index contributed by atoms with van der Waals surface area (Å²) in [5, 5.41) is 0. The Morgan fingerprint density at radius 1 is 1.40 bits per heavy atom. The Kier molecular flexibility index (Phi) is 4.20. The van der Waals surface area contributed by atoms with Crippen LogP contribution in [-0.2, 0) is 18.4 Å². The van der Waals surface area contributed by atoms with Crippen LogP contribution in [0.2, 0.25) is 0 Å². The van der Waals surface area contributed by atoms with Gasteiger partial charge in [-0.1, -0.05) is 30.3 Å². The average molecular weight is 273 g/mol. The molecule has 0 saturated heterocycles. The Hall–Kier alpha value is -2.14. The van der Waals surface area contributed by atoms with Gasteiger partial charge in [0, 0.05) is 12.7 Å². The Morgan fingerprint density at radius 3 is 2.60 bits per heavy atom. The zero-order chi connectivity index (χ0) is 14.7. The van der Waals surface area contributed by atoms with Crippen LogP contribution in [0.15, 0.2) is 30.3 Å². The van der Waals surface area contributed by atoms with Gasteiger partial charge < -0.3 is 15.0 Å². The van der Waals surface area contributed by atoms with Crippen molar-refractivity contribution in [2.75, 3.05) is 0 Å². The lowest BCUT2D eigenvalue weighted by atomic mass is 10.2. The molecule has 1 heterocycles. The second-order valence-corrected chi connectivity index (χ2v) is 4.81. The summed E-state index contributed by atoms with van der Waals surface area (Å²) in [4.78, 5) is 16.4. The topological polar surface area (TPSA) is 70.1 Å². The molecule has 106 valence electrons. The van der Waals surface area contributed by atoms with Gasteiger partial charge >= 0.3 is 5.97 Å². The molecule has 0 amide bonds. The summed E-state index contributed by atoms with van der Waals surface area (Å²) in [7, 11) is 1.84. The molecule has 0 aliphatic rings. The minimum absolute atomic E-state index is 0.227. The van der Waals surface area contributed by atoms with Crippen LogP contribution in [-0.4, -0.2) is 15.5 Å². The maximum absolute atomic E-state index is 12.1. The van der Waals surface area contributed by atoms with Crippen LogP contribution in [0.4, 0.5) is 0 Å². The van der Waals surface area contributed by atoms with Gasteiger partial charge in [0.05, 0.1) is 6.04 Å². The molecule has 0 fully saturated rings. The van der Waals surface area contributed by atoms with E-state index in [1.54, 1.807) is 0 Å². The van der Waals surface area contributed by atoms with Crippen molar-refractivity contribution in [3.05, 3.63) is 53.1 Å². The predicted octanol–water partition coefficient (Wildman–Crippen LogP) is 2.11. The summed E-state index contributed by atoms with van der Waals surface area (Å²) < 4.78 is 7.11. The van der Waals surface area contributed by atoms with E-state index in [0.717, 1.165) is 11.3 Å². The number of ether oxygens (including phenoxy) is 1. The van der Waals surface area contributed by atoms with Crippen molar-refractivity contribution in [1.29, 1.82) is 0 Å². The lowest BCUT2D eigenvalue weighted by molar-refractivity contribution is 0.0465. The van der Waals surface area contributed by atoms with Gasteiger partial charge in [-0.2, -0.15) is 0 Å². The molecule has 2 rings (SSSR count). The van der Waals surface area contributed by atoms with Gasteiger partial charge in [-0.3, -0.25) is 0 Å². The van der Waals surface area contributed by atoms with Crippen LogP contribution in [0.5, 0.6) is 0 Å². The van der Waals surface area contributed by atoms with Crippen LogP contribution in [0.3, 0.4) is 0 Å². The van der Waals surface area contributed by atoms with Crippen LogP contribution < -0.4 is 5.73 Å². The van der Waals surface area contributed by atoms with Crippen LogP contribution in [0, 0.1) is 6.92 Å². The first kappa shape index (κ1) is 14.3. The Morgan fingerprint density at radius 2 is 2.05 bits per heavy atom. The second-order valence-electron chi connectivity index (χ2n) is 4.81. The summed E-state index contributed by atoms with van der Waals surface area (Å²) in [6, 6.07) is 9.32. The highest BCUT2D eigenvalue weighted by Gasteiger charge is 2.20. The number of hydrogen-bond acceptors (Lipinski definition) is 4. The molecular weight excluding hydrogens is 254 g/mol. The van der Waals surface area contributed by atoms with Gasteiger partial charge in [-0.25, -0.2) is 9.78 Å². The third-order valence-corrected chi connectivity index (χ3v) is 3.23. The van der Waals surface area contributed by atoms with Crippen LogP contribution in [0.1, 0.15) is 40.5 Å². The molecule has 2 aromatic rings.